The standard InChI is InChI=1S/C12H18BrClN2O2S2/c1-9(2)8-15-3-5-16(6-4-15)20(17,18)11-7-10(14)12(13)19-11/h7,9H,3-6,8H2,1-2H3. The molecule has 2 rings (SSSR count). The van der Waals surface area contributed by atoms with E-state index >= 15 is 0 Å². The second kappa shape index (κ2) is 6.62. The molecular formula is C12H18BrClN2O2S2. The van der Waals surface area contributed by atoms with Crippen LogP contribution in [0.1, 0.15) is 13.8 Å². The Bertz CT molecular complexity index is 547. The molecule has 1 saturated heterocycles. The first-order chi connectivity index (χ1) is 9.30. The first-order valence-corrected chi connectivity index (χ1v) is 9.91. The summed E-state index contributed by atoms with van der Waals surface area (Å²) < 4.78 is 27.6. The Morgan fingerprint density at radius 3 is 2.40 bits per heavy atom. The first-order valence-electron chi connectivity index (χ1n) is 6.48. The van der Waals surface area contributed by atoms with Gasteiger partial charge in [0.1, 0.15) is 4.21 Å². The van der Waals surface area contributed by atoms with Crippen molar-refractivity contribution in [2.24, 2.45) is 5.92 Å². The summed E-state index contributed by atoms with van der Waals surface area (Å²) in [5, 5.41) is 0.451. The quantitative estimate of drug-likeness (QED) is 0.778. The summed E-state index contributed by atoms with van der Waals surface area (Å²) in [5.74, 6) is 0.602. The van der Waals surface area contributed by atoms with Crippen LogP contribution in [0.2, 0.25) is 5.02 Å². The maximum atomic E-state index is 12.5. The number of hydrogen-bond acceptors (Lipinski definition) is 4. The summed E-state index contributed by atoms with van der Waals surface area (Å²) in [7, 11) is -3.40. The van der Waals surface area contributed by atoms with Gasteiger partial charge in [0.05, 0.1) is 8.81 Å². The Hall–Kier alpha value is 0.340. The predicted octanol–water partition coefficient (Wildman–Crippen LogP) is 3.13. The van der Waals surface area contributed by atoms with E-state index in [-0.39, 0.29) is 0 Å². The molecule has 0 aromatic carbocycles. The van der Waals surface area contributed by atoms with Gasteiger partial charge >= 0.3 is 0 Å². The zero-order valence-corrected chi connectivity index (χ0v) is 15.4. The van der Waals surface area contributed by atoms with Crippen molar-refractivity contribution >= 4 is 48.9 Å². The Labute approximate surface area is 137 Å². The number of halogens is 2. The molecular weight excluding hydrogens is 384 g/mol. The van der Waals surface area contributed by atoms with E-state index in [2.05, 4.69) is 34.7 Å². The first kappa shape index (κ1) is 16.7. The van der Waals surface area contributed by atoms with Crippen LogP contribution in [0.3, 0.4) is 0 Å². The van der Waals surface area contributed by atoms with Crippen molar-refractivity contribution in [1.29, 1.82) is 0 Å². The van der Waals surface area contributed by atoms with Gasteiger partial charge in [0.2, 0.25) is 0 Å². The fourth-order valence-electron chi connectivity index (χ4n) is 2.25. The molecule has 4 nitrogen and oxygen atoms in total. The van der Waals surface area contributed by atoms with Crippen LogP contribution in [0.4, 0.5) is 0 Å². The van der Waals surface area contributed by atoms with E-state index in [9.17, 15) is 8.42 Å². The third-order valence-corrected chi connectivity index (χ3v) is 7.99. The van der Waals surface area contributed by atoms with Crippen LogP contribution in [0, 0.1) is 5.92 Å². The van der Waals surface area contributed by atoms with Crippen molar-refractivity contribution in [3.8, 4) is 0 Å². The lowest BCUT2D eigenvalue weighted by atomic mass is 10.2. The zero-order valence-electron chi connectivity index (χ0n) is 11.5. The molecule has 1 fully saturated rings. The van der Waals surface area contributed by atoms with E-state index in [1.165, 1.54) is 17.4 Å². The molecule has 1 aliphatic heterocycles. The van der Waals surface area contributed by atoms with Crippen LogP contribution in [-0.4, -0.2) is 50.3 Å². The molecule has 20 heavy (non-hydrogen) atoms. The van der Waals surface area contributed by atoms with Gasteiger partial charge in [-0.1, -0.05) is 25.4 Å². The summed E-state index contributed by atoms with van der Waals surface area (Å²) in [6.07, 6.45) is 0. The van der Waals surface area contributed by atoms with E-state index in [0.717, 1.165) is 19.6 Å². The molecule has 8 heteroatoms. The monoisotopic (exact) mass is 400 g/mol. The van der Waals surface area contributed by atoms with Crippen molar-refractivity contribution in [2.45, 2.75) is 18.1 Å². The SMILES string of the molecule is CC(C)CN1CCN(S(=O)(=O)c2cc(Cl)c(Br)s2)CC1. The molecule has 0 aliphatic carbocycles. The van der Waals surface area contributed by atoms with Crippen LogP contribution in [0.5, 0.6) is 0 Å². The van der Waals surface area contributed by atoms with E-state index in [0.29, 0.717) is 32.0 Å². The second-order valence-corrected chi connectivity index (χ2v) is 10.2. The molecule has 0 bridgehead atoms. The Morgan fingerprint density at radius 1 is 1.35 bits per heavy atom. The van der Waals surface area contributed by atoms with Gasteiger partial charge in [0.15, 0.2) is 0 Å². The van der Waals surface area contributed by atoms with Crippen molar-refractivity contribution in [3.63, 3.8) is 0 Å². The van der Waals surface area contributed by atoms with Crippen molar-refractivity contribution in [3.05, 3.63) is 14.9 Å². The van der Waals surface area contributed by atoms with Crippen LogP contribution >= 0.6 is 38.9 Å². The fourth-order valence-corrected chi connectivity index (χ4v) is 6.23. The molecule has 2 heterocycles. The number of hydrogen-bond donors (Lipinski definition) is 0. The Morgan fingerprint density at radius 2 is 1.95 bits per heavy atom. The number of sulfonamides is 1. The highest BCUT2D eigenvalue weighted by molar-refractivity contribution is 9.11. The molecule has 0 unspecified atom stereocenters. The second-order valence-electron chi connectivity index (χ2n) is 5.29. The molecule has 0 N–H and O–H groups in total. The highest BCUT2D eigenvalue weighted by Gasteiger charge is 2.30. The Kier molecular flexibility index (Phi) is 5.53. The van der Waals surface area contributed by atoms with Gasteiger partial charge in [-0.3, -0.25) is 0 Å². The zero-order chi connectivity index (χ0) is 14.9. The van der Waals surface area contributed by atoms with Crippen molar-refractivity contribution < 1.29 is 8.42 Å². The van der Waals surface area contributed by atoms with Crippen LogP contribution in [-0.2, 0) is 10.0 Å². The van der Waals surface area contributed by atoms with Crippen molar-refractivity contribution in [1.82, 2.24) is 9.21 Å². The minimum Gasteiger partial charge on any atom is -0.300 e. The fraction of sp³-hybridized carbons (Fsp3) is 0.667. The largest absolute Gasteiger partial charge is 0.300 e. The minimum absolute atomic E-state index is 0.312. The summed E-state index contributed by atoms with van der Waals surface area (Å²) >= 11 is 10.4. The van der Waals surface area contributed by atoms with E-state index < -0.39 is 10.0 Å². The molecule has 1 aromatic rings. The van der Waals surface area contributed by atoms with Crippen LogP contribution in [0.15, 0.2) is 14.1 Å². The minimum atomic E-state index is -3.40. The van der Waals surface area contributed by atoms with Gasteiger partial charge in [-0.15, -0.1) is 11.3 Å². The van der Waals surface area contributed by atoms with Gasteiger partial charge in [0.25, 0.3) is 10.0 Å². The molecule has 0 amide bonds. The van der Waals surface area contributed by atoms with E-state index in [1.807, 2.05) is 0 Å². The Balaban J connectivity index is 2.05. The molecule has 114 valence electrons. The molecule has 1 aliphatic rings. The number of nitrogens with zero attached hydrogens (tertiary/aromatic N) is 2. The molecule has 0 radical (unpaired) electrons. The van der Waals surface area contributed by atoms with Crippen molar-refractivity contribution in [2.75, 3.05) is 32.7 Å². The van der Waals surface area contributed by atoms with Crippen LogP contribution in [0.25, 0.3) is 0 Å². The maximum absolute atomic E-state index is 12.5. The number of piperazine rings is 1. The topological polar surface area (TPSA) is 40.6 Å². The third kappa shape index (κ3) is 3.75. The molecule has 0 spiro atoms. The lowest BCUT2D eigenvalue weighted by Gasteiger charge is -2.34. The summed E-state index contributed by atoms with van der Waals surface area (Å²) in [6, 6.07) is 1.52. The number of thiophene rings is 1. The van der Waals surface area contributed by atoms with Gasteiger partial charge in [-0.25, -0.2) is 8.42 Å². The lowest BCUT2D eigenvalue weighted by Crippen LogP contribution is -2.49. The summed E-state index contributed by atoms with van der Waals surface area (Å²) in [4.78, 5) is 2.31. The van der Waals surface area contributed by atoms with E-state index in [4.69, 9.17) is 11.6 Å². The van der Waals surface area contributed by atoms with Gasteiger partial charge in [-0.2, -0.15) is 4.31 Å². The average molecular weight is 402 g/mol. The molecule has 1 aromatic heterocycles. The summed E-state index contributed by atoms with van der Waals surface area (Å²) in [6.45, 7) is 8.03. The van der Waals surface area contributed by atoms with Gasteiger partial charge in [0, 0.05) is 32.7 Å². The average Bonchev–Trinajstić information content (AvgIpc) is 2.70. The lowest BCUT2D eigenvalue weighted by molar-refractivity contribution is 0.172. The predicted molar refractivity (Wildman–Crippen MR) is 87.1 cm³/mol. The van der Waals surface area contributed by atoms with Gasteiger partial charge in [-0.05, 0) is 27.9 Å². The highest BCUT2D eigenvalue weighted by atomic mass is 79.9. The highest BCUT2D eigenvalue weighted by Crippen LogP contribution is 2.36. The molecule has 0 saturated carbocycles. The molecule has 0 atom stereocenters. The smallest absolute Gasteiger partial charge is 0.252 e. The maximum Gasteiger partial charge on any atom is 0.252 e. The van der Waals surface area contributed by atoms with E-state index in [1.54, 1.807) is 4.31 Å². The third-order valence-electron chi connectivity index (χ3n) is 3.17. The number of rotatable bonds is 4. The van der Waals surface area contributed by atoms with Gasteiger partial charge < -0.3 is 4.90 Å². The normalized spacial score (nSPS) is 18.9. The summed E-state index contributed by atoms with van der Waals surface area (Å²) in [5.41, 5.74) is 0. The van der Waals surface area contributed by atoms with Crippen LogP contribution < -0.4 is 0 Å².